The summed E-state index contributed by atoms with van der Waals surface area (Å²) in [5.41, 5.74) is 3.21. The van der Waals surface area contributed by atoms with Crippen molar-refractivity contribution < 1.29 is 9.59 Å². The second kappa shape index (κ2) is 8.21. The highest BCUT2D eigenvalue weighted by Crippen LogP contribution is 2.33. The molecule has 1 saturated carbocycles. The van der Waals surface area contributed by atoms with Crippen molar-refractivity contribution in [2.45, 2.75) is 45.6 Å². The van der Waals surface area contributed by atoms with Crippen molar-refractivity contribution in [3.8, 4) is 0 Å². The number of ketones is 1. The quantitative estimate of drug-likeness (QED) is 0.716. The fraction of sp³-hybridized carbons (Fsp3) is 0.545. The van der Waals surface area contributed by atoms with Crippen molar-refractivity contribution in [3.63, 3.8) is 0 Å². The molecule has 0 bridgehead atoms. The van der Waals surface area contributed by atoms with Crippen molar-refractivity contribution >= 4 is 23.0 Å². The average molecular weight is 400 g/mol. The first-order chi connectivity index (χ1) is 13.5. The fourth-order valence-electron chi connectivity index (χ4n) is 4.74. The van der Waals surface area contributed by atoms with Gasteiger partial charge >= 0.3 is 0 Å². The summed E-state index contributed by atoms with van der Waals surface area (Å²) in [4.78, 5) is 30.3. The molecule has 0 N–H and O–H groups in total. The van der Waals surface area contributed by atoms with Crippen LogP contribution in [0.1, 0.15) is 63.1 Å². The molecular formula is C22H29N3O2S. The van der Waals surface area contributed by atoms with E-state index in [-0.39, 0.29) is 11.7 Å². The van der Waals surface area contributed by atoms with Gasteiger partial charge in [-0.1, -0.05) is 18.9 Å². The monoisotopic (exact) mass is 399 g/mol. The smallest absolute Gasteiger partial charge is 0.264 e. The topological polar surface area (TPSA) is 45.6 Å². The Labute approximate surface area is 170 Å². The van der Waals surface area contributed by atoms with Gasteiger partial charge in [0.15, 0.2) is 5.78 Å². The van der Waals surface area contributed by atoms with E-state index in [1.165, 1.54) is 42.7 Å². The Bertz CT molecular complexity index is 842. The lowest BCUT2D eigenvalue weighted by Crippen LogP contribution is -2.49. The Kier molecular flexibility index (Phi) is 5.69. The Morgan fingerprint density at radius 3 is 2.46 bits per heavy atom. The summed E-state index contributed by atoms with van der Waals surface area (Å²) in [5.74, 6) is 0.316. The Morgan fingerprint density at radius 2 is 1.82 bits per heavy atom. The molecule has 1 saturated heterocycles. The van der Waals surface area contributed by atoms with Crippen LogP contribution in [0.5, 0.6) is 0 Å². The lowest BCUT2D eigenvalue weighted by atomic mass is 10.1. The SMILES string of the molecule is Cc1cc(C(=O)CN2CCN(C(=O)c3cccs3)CC2)c(C)n1C1CCCC1. The van der Waals surface area contributed by atoms with Crippen LogP contribution in [0, 0.1) is 13.8 Å². The highest BCUT2D eigenvalue weighted by atomic mass is 32.1. The van der Waals surface area contributed by atoms with E-state index < -0.39 is 0 Å². The maximum absolute atomic E-state index is 13.0. The second-order valence-corrected chi connectivity index (χ2v) is 9.01. The summed E-state index contributed by atoms with van der Waals surface area (Å²) in [6.07, 6.45) is 5.04. The molecule has 5 nitrogen and oxygen atoms in total. The zero-order valence-corrected chi connectivity index (χ0v) is 17.6. The van der Waals surface area contributed by atoms with Crippen molar-refractivity contribution in [2.24, 2.45) is 0 Å². The Balaban J connectivity index is 1.36. The number of rotatable bonds is 5. The molecule has 1 amide bonds. The molecule has 1 aliphatic carbocycles. The third-order valence-electron chi connectivity index (χ3n) is 6.23. The minimum absolute atomic E-state index is 0.112. The van der Waals surface area contributed by atoms with E-state index in [4.69, 9.17) is 0 Å². The van der Waals surface area contributed by atoms with Crippen LogP contribution in [0.3, 0.4) is 0 Å². The highest BCUT2D eigenvalue weighted by molar-refractivity contribution is 7.12. The van der Waals surface area contributed by atoms with Crippen LogP contribution >= 0.6 is 11.3 Å². The molecule has 0 atom stereocenters. The normalized spacial score (nSPS) is 18.7. The van der Waals surface area contributed by atoms with Crippen molar-refractivity contribution in [2.75, 3.05) is 32.7 Å². The third kappa shape index (κ3) is 3.80. The molecule has 0 radical (unpaired) electrons. The van der Waals surface area contributed by atoms with Gasteiger partial charge in [0.2, 0.25) is 0 Å². The fourth-order valence-corrected chi connectivity index (χ4v) is 5.43. The van der Waals surface area contributed by atoms with Gasteiger partial charge in [0.05, 0.1) is 11.4 Å². The second-order valence-electron chi connectivity index (χ2n) is 8.06. The molecular weight excluding hydrogens is 370 g/mol. The first kappa shape index (κ1) is 19.4. The van der Waals surface area contributed by atoms with Crippen LogP contribution in [0.25, 0.3) is 0 Å². The molecule has 2 aliphatic rings. The van der Waals surface area contributed by atoms with Crippen molar-refractivity contribution in [3.05, 3.63) is 45.4 Å². The van der Waals surface area contributed by atoms with Crippen LogP contribution in [0.4, 0.5) is 0 Å². The number of carbonyl (C=O) groups excluding carboxylic acids is 2. The number of piperazine rings is 1. The van der Waals surface area contributed by atoms with E-state index in [0.29, 0.717) is 25.7 Å². The number of nitrogens with zero attached hydrogens (tertiary/aromatic N) is 3. The van der Waals surface area contributed by atoms with Gasteiger partial charge in [-0.05, 0) is 44.2 Å². The van der Waals surface area contributed by atoms with Crippen LogP contribution in [0.2, 0.25) is 0 Å². The maximum Gasteiger partial charge on any atom is 0.264 e. The summed E-state index contributed by atoms with van der Waals surface area (Å²) in [5, 5.41) is 1.93. The van der Waals surface area contributed by atoms with Gasteiger partial charge in [0.1, 0.15) is 0 Å². The Morgan fingerprint density at radius 1 is 1.11 bits per heavy atom. The number of amides is 1. The van der Waals surface area contributed by atoms with E-state index in [0.717, 1.165) is 29.2 Å². The maximum atomic E-state index is 13.0. The lowest BCUT2D eigenvalue weighted by Gasteiger charge is -2.34. The third-order valence-corrected chi connectivity index (χ3v) is 7.09. The predicted molar refractivity (Wildman–Crippen MR) is 112 cm³/mol. The molecule has 3 heterocycles. The van der Waals surface area contributed by atoms with E-state index in [1.54, 1.807) is 0 Å². The summed E-state index contributed by atoms with van der Waals surface area (Å²) >= 11 is 1.49. The van der Waals surface area contributed by atoms with Gasteiger partial charge in [-0.3, -0.25) is 14.5 Å². The largest absolute Gasteiger partial charge is 0.345 e. The molecule has 2 aromatic heterocycles. The summed E-state index contributed by atoms with van der Waals surface area (Å²) in [6, 6.07) is 6.43. The molecule has 0 unspecified atom stereocenters. The van der Waals surface area contributed by atoms with E-state index in [9.17, 15) is 9.59 Å². The van der Waals surface area contributed by atoms with Gasteiger partial charge in [0.25, 0.3) is 5.91 Å². The molecule has 4 rings (SSSR count). The van der Waals surface area contributed by atoms with E-state index in [1.807, 2.05) is 22.4 Å². The molecule has 6 heteroatoms. The molecule has 0 aromatic carbocycles. The number of thiophene rings is 1. The van der Waals surface area contributed by atoms with Crippen LogP contribution < -0.4 is 0 Å². The van der Waals surface area contributed by atoms with Gasteiger partial charge in [-0.2, -0.15) is 0 Å². The first-order valence-electron chi connectivity index (χ1n) is 10.3. The zero-order chi connectivity index (χ0) is 19.7. The van der Waals surface area contributed by atoms with E-state index >= 15 is 0 Å². The zero-order valence-electron chi connectivity index (χ0n) is 16.8. The first-order valence-corrected chi connectivity index (χ1v) is 11.2. The molecule has 28 heavy (non-hydrogen) atoms. The number of hydrogen-bond donors (Lipinski definition) is 0. The number of hydrogen-bond acceptors (Lipinski definition) is 4. The lowest BCUT2D eigenvalue weighted by molar-refractivity contribution is 0.0628. The molecule has 1 aliphatic heterocycles. The van der Waals surface area contributed by atoms with Gasteiger partial charge in [0, 0.05) is 49.2 Å². The van der Waals surface area contributed by atoms with E-state index in [2.05, 4.69) is 29.4 Å². The minimum Gasteiger partial charge on any atom is -0.345 e. The molecule has 2 fully saturated rings. The minimum atomic E-state index is 0.112. The molecule has 0 spiro atoms. The van der Waals surface area contributed by atoms with Gasteiger partial charge < -0.3 is 9.47 Å². The predicted octanol–water partition coefficient (Wildman–Crippen LogP) is 3.92. The standard InChI is InChI=1S/C22H29N3O2S/c1-16-14-19(17(2)25(16)18-6-3-4-7-18)20(26)15-23-9-11-24(12-10-23)22(27)21-8-5-13-28-21/h5,8,13-14,18H,3-4,6-7,9-12,15H2,1-2H3. The average Bonchev–Trinajstić information content (AvgIpc) is 3.43. The summed E-state index contributed by atoms with van der Waals surface area (Å²) < 4.78 is 2.39. The number of aromatic nitrogens is 1. The van der Waals surface area contributed by atoms with Gasteiger partial charge in [-0.15, -0.1) is 11.3 Å². The van der Waals surface area contributed by atoms with Crippen LogP contribution in [-0.2, 0) is 0 Å². The van der Waals surface area contributed by atoms with Crippen LogP contribution in [0.15, 0.2) is 23.6 Å². The van der Waals surface area contributed by atoms with Crippen LogP contribution in [-0.4, -0.2) is 58.8 Å². The number of Topliss-reactive ketones (excluding diaryl/α,β-unsaturated/α-hetero) is 1. The summed E-state index contributed by atoms with van der Waals surface area (Å²) in [7, 11) is 0. The van der Waals surface area contributed by atoms with Gasteiger partial charge in [-0.25, -0.2) is 0 Å². The molecule has 2 aromatic rings. The molecule has 150 valence electrons. The number of carbonyl (C=O) groups is 2. The number of aryl methyl sites for hydroxylation is 1. The summed E-state index contributed by atoms with van der Waals surface area (Å²) in [6.45, 7) is 7.54. The van der Waals surface area contributed by atoms with Crippen molar-refractivity contribution in [1.82, 2.24) is 14.4 Å². The van der Waals surface area contributed by atoms with Crippen molar-refractivity contribution in [1.29, 1.82) is 0 Å². The Hall–Kier alpha value is -1.92. The highest BCUT2D eigenvalue weighted by Gasteiger charge is 2.27.